The molecule has 1 N–H and O–H groups in total. The second kappa shape index (κ2) is 10.2. The quantitative estimate of drug-likeness (QED) is 0.597. The van der Waals surface area contributed by atoms with Gasteiger partial charge in [0.15, 0.2) is 0 Å². The lowest BCUT2D eigenvalue weighted by Crippen LogP contribution is -2.48. The molecule has 2 aromatic rings. The number of rotatable bonds is 10. The van der Waals surface area contributed by atoms with E-state index in [0.29, 0.717) is 19.6 Å². The summed E-state index contributed by atoms with van der Waals surface area (Å²) in [5.41, 5.74) is 1.29. The van der Waals surface area contributed by atoms with E-state index in [1.165, 1.54) is 19.1 Å². The second-order valence-corrected chi connectivity index (χ2v) is 8.51. The van der Waals surface area contributed by atoms with Crippen LogP contribution in [-0.2, 0) is 21.2 Å². The van der Waals surface area contributed by atoms with Gasteiger partial charge in [0.1, 0.15) is 17.6 Å². The molecule has 6 nitrogen and oxygen atoms in total. The fourth-order valence-electron chi connectivity index (χ4n) is 3.04. The Bertz CT molecular complexity index is 917. The smallest absolute Gasteiger partial charge is 0.243 e. The number of ether oxygens (including phenoxy) is 1. The molecule has 1 atom stereocenters. The van der Waals surface area contributed by atoms with Gasteiger partial charge in [-0.2, -0.15) is 0 Å². The summed E-state index contributed by atoms with van der Waals surface area (Å²) in [4.78, 5) is 12.5. The highest BCUT2D eigenvalue weighted by molar-refractivity contribution is 7.92. The minimum atomic E-state index is -3.73. The van der Waals surface area contributed by atoms with Crippen LogP contribution in [0.25, 0.3) is 0 Å². The number of sulfonamides is 1. The van der Waals surface area contributed by atoms with Crippen molar-refractivity contribution in [2.45, 2.75) is 32.7 Å². The predicted octanol–water partition coefficient (Wildman–Crippen LogP) is 3.13. The third-order valence-corrected chi connectivity index (χ3v) is 5.61. The first-order valence-electron chi connectivity index (χ1n) is 9.47. The van der Waals surface area contributed by atoms with Crippen molar-refractivity contribution in [2.75, 3.05) is 23.7 Å². The Morgan fingerprint density at radius 2 is 1.83 bits per heavy atom. The number of nitrogens with zero attached hydrogens (tertiary/aromatic N) is 1. The number of carbonyl (C=O) groups excluding carboxylic acids is 1. The van der Waals surface area contributed by atoms with E-state index in [4.69, 9.17) is 4.74 Å². The first kappa shape index (κ1) is 22.7. The van der Waals surface area contributed by atoms with Gasteiger partial charge in [0.25, 0.3) is 0 Å². The molecule has 0 fully saturated rings. The maximum atomic E-state index is 13.2. The summed E-state index contributed by atoms with van der Waals surface area (Å²) in [7, 11) is -3.73. The molecule has 0 spiro atoms. The van der Waals surface area contributed by atoms with Gasteiger partial charge in [-0.15, -0.1) is 0 Å². The molecule has 0 aliphatic rings. The van der Waals surface area contributed by atoms with Crippen molar-refractivity contribution in [3.63, 3.8) is 0 Å². The average molecular weight is 423 g/mol. The number of para-hydroxylation sites is 1. The van der Waals surface area contributed by atoms with Crippen molar-refractivity contribution in [2.24, 2.45) is 0 Å². The number of halogens is 1. The molecular weight excluding hydrogens is 395 g/mol. The van der Waals surface area contributed by atoms with Crippen molar-refractivity contribution in [3.05, 3.63) is 59.9 Å². The summed E-state index contributed by atoms with van der Waals surface area (Å²) in [6.07, 6.45) is 2.42. The Balaban J connectivity index is 1.97. The van der Waals surface area contributed by atoms with E-state index >= 15 is 0 Å². The van der Waals surface area contributed by atoms with Gasteiger partial charge in [0.05, 0.1) is 18.6 Å². The van der Waals surface area contributed by atoms with E-state index in [1.54, 1.807) is 0 Å². The third kappa shape index (κ3) is 6.45. The molecule has 0 saturated carbocycles. The van der Waals surface area contributed by atoms with Gasteiger partial charge in [0.2, 0.25) is 15.9 Å². The molecule has 29 heavy (non-hydrogen) atoms. The van der Waals surface area contributed by atoms with Crippen LogP contribution in [0.4, 0.5) is 10.1 Å². The number of nitrogens with one attached hydrogen (secondary N) is 1. The molecule has 1 amide bonds. The zero-order chi connectivity index (χ0) is 21.4. The molecule has 0 aromatic heterocycles. The van der Waals surface area contributed by atoms with Crippen LogP contribution in [0.1, 0.15) is 25.8 Å². The Morgan fingerprint density at radius 3 is 2.45 bits per heavy atom. The van der Waals surface area contributed by atoms with Gasteiger partial charge in [-0.1, -0.05) is 18.2 Å². The third-order valence-electron chi connectivity index (χ3n) is 4.36. The van der Waals surface area contributed by atoms with E-state index < -0.39 is 27.8 Å². The summed E-state index contributed by atoms with van der Waals surface area (Å²) < 4.78 is 44.2. The van der Waals surface area contributed by atoms with Gasteiger partial charge in [-0.3, -0.25) is 9.10 Å². The Morgan fingerprint density at radius 1 is 1.17 bits per heavy atom. The van der Waals surface area contributed by atoms with Gasteiger partial charge in [0, 0.05) is 6.54 Å². The Labute approximate surface area is 171 Å². The van der Waals surface area contributed by atoms with Gasteiger partial charge >= 0.3 is 0 Å². The molecule has 0 bridgehead atoms. The normalized spacial score (nSPS) is 12.3. The second-order valence-electron chi connectivity index (χ2n) is 6.65. The van der Waals surface area contributed by atoms with E-state index in [-0.39, 0.29) is 5.69 Å². The SMILES string of the molecule is CCOc1ccccc1CCCNC(=O)[C@@H](C)N(c1ccc(F)cc1)S(C)(=O)=O. The first-order chi connectivity index (χ1) is 13.7. The monoisotopic (exact) mass is 422 g/mol. The van der Waals surface area contributed by atoms with Crippen LogP contribution in [0.3, 0.4) is 0 Å². The molecule has 0 aliphatic carbocycles. The van der Waals surface area contributed by atoms with Crippen LogP contribution in [0.2, 0.25) is 0 Å². The van der Waals surface area contributed by atoms with Crippen LogP contribution >= 0.6 is 0 Å². The van der Waals surface area contributed by atoms with Crippen LogP contribution in [0, 0.1) is 5.82 Å². The van der Waals surface area contributed by atoms with Gasteiger partial charge in [-0.05, 0) is 62.6 Å². The lowest BCUT2D eigenvalue weighted by Gasteiger charge is -2.28. The molecule has 2 rings (SSSR count). The van der Waals surface area contributed by atoms with Crippen LogP contribution < -0.4 is 14.4 Å². The van der Waals surface area contributed by atoms with Crippen molar-refractivity contribution in [1.82, 2.24) is 5.32 Å². The molecule has 0 saturated heterocycles. The fourth-order valence-corrected chi connectivity index (χ4v) is 4.22. The molecule has 8 heteroatoms. The number of anilines is 1. The summed E-state index contributed by atoms with van der Waals surface area (Å²) in [5.74, 6) is -0.0706. The molecule has 158 valence electrons. The lowest BCUT2D eigenvalue weighted by molar-refractivity contribution is -0.121. The standard InChI is InChI=1S/C21H27FN2O4S/c1-4-28-20-10-6-5-8-17(20)9-7-15-23-21(25)16(2)24(29(3,26)27)19-13-11-18(22)12-14-19/h5-6,8,10-14,16H,4,7,9,15H2,1-3H3,(H,23,25)/t16-/m1/s1. The van der Waals surface area contributed by atoms with Crippen LogP contribution in [0.5, 0.6) is 5.75 Å². The maximum Gasteiger partial charge on any atom is 0.243 e. The minimum absolute atomic E-state index is 0.238. The zero-order valence-electron chi connectivity index (χ0n) is 16.9. The molecular formula is C21H27FN2O4S. The number of hydrogen-bond donors (Lipinski definition) is 1. The topological polar surface area (TPSA) is 75.7 Å². The highest BCUT2D eigenvalue weighted by Gasteiger charge is 2.28. The van der Waals surface area contributed by atoms with Crippen LogP contribution in [-0.4, -0.2) is 39.8 Å². The average Bonchev–Trinajstić information content (AvgIpc) is 2.67. The molecule has 0 aliphatic heterocycles. The molecule has 0 heterocycles. The van der Waals surface area contributed by atoms with Crippen molar-refractivity contribution in [3.8, 4) is 5.75 Å². The van der Waals surface area contributed by atoms with Crippen LogP contribution in [0.15, 0.2) is 48.5 Å². The number of benzene rings is 2. The first-order valence-corrected chi connectivity index (χ1v) is 11.3. The number of hydrogen-bond acceptors (Lipinski definition) is 4. The maximum absolute atomic E-state index is 13.2. The number of carbonyl (C=O) groups is 1. The van der Waals surface area contributed by atoms with E-state index in [1.807, 2.05) is 31.2 Å². The largest absolute Gasteiger partial charge is 0.494 e. The number of amides is 1. The van der Waals surface area contributed by atoms with Gasteiger partial charge < -0.3 is 10.1 Å². The van der Waals surface area contributed by atoms with E-state index in [2.05, 4.69) is 5.32 Å². The van der Waals surface area contributed by atoms with Crippen molar-refractivity contribution in [1.29, 1.82) is 0 Å². The summed E-state index contributed by atoms with van der Waals surface area (Å²) in [6, 6.07) is 11.8. The fraction of sp³-hybridized carbons (Fsp3) is 0.381. The van der Waals surface area contributed by atoms with Crippen molar-refractivity contribution >= 4 is 21.6 Å². The molecule has 2 aromatic carbocycles. The minimum Gasteiger partial charge on any atom is -0.494 e. The van der Waals surface area contributed by atoms with Crippen molar-refractivity contribution < 1.29 is 22.3 Å². The lowest BCUT2D eigenvalue weighted by atomic mass is 10.1. The summed E-state index contributed by atoms with van der Waals surface area (Å²) >= 11 is 0. The summed E-state index contributed by atoms with van der Waals surface area (Å²) in [5, 5.41) is 2.78. The molecule has 0 unspecified atom stereocenters. The highest BCUT2D eigenvalue weighted by atomic mass is 32.2. The number of aryl methyl sites for hydroxylation is 1. The summed E-state index contributed by atoms with van der Waals surface area (Å²) in [6.45, 7) is 4.40. The van der Waals surface area contributed by atoms with Gasteiger partial charge in [-0.25, -0.2) is 12.8 Å². The Hall–Kier alpha value is -2.61. The van der Waals surface area contributed by atoms with E-state index in [0.717, 1.165) is 40.4 Å². The zero-order valence-corrected chi connectivity index (χ0v) is 17.7. The molecule has 0 radical (unpaired) electrons. The predicted molar refractivity (Wildman–Crippen MR) is 112 cm³/mol. The van der Waals surface area contributed by atoms with E-state index in [9.17, 15) is 17.6 Å². The Kier molecular flexibility index (Phi) is 8.01. The highest BCUT2D eigenvalue weighted by Crippen LogP contribution is 2.21.